The summed E-state index contributed by atoms with van der Waals surface area (Å²) in [5, 5.41) is 12.0. The number of thioether (sulfide) groups is 1. The summed E-state index contributed by atoms with van der Waals surface area (Å²) in [5.41, 5.74) is 1.40. The van der Waals surface area contributed by atoms with Gasteiger partial charge in [-0.15, -0.1) is 10.2 Å². The third kappa shape index (κ3) is 4.12. The lowest BCUT2D eigenvalue weighted by atomic mass is 10.2. The molecule has 1 atom stereocenters. The number of amides is 1. The summed E-state index contributed by atoms with van der Waals surface area (Å²) in [6, 6.07) is 6.90. The highest BCUT2D eigenvalue weighted by Crippen LogP contribution is 2.30. The van der Waals surface area contributed by atoms with Gasteiger partial charge in [-0.3, -0.25) is 4.79 Å². The normalized spacial score (nSPS) is 12.0. The average Bonchev–Trinajstić information content (AvgIpc) is 3.21. The zero-order chi connectivity index (χ0) is 19.6. The number of aromatic nitrogens is 3. The molecular weight excluding hydrogens is 388 g/mol. The van der Waals surface area contributed by atoms with Gasteiger partial charge in [0.15, 0.2) is 11.0 Å². The third-order valence-electron chi connectivity index (χ3n) is 4.01. The van der Waals surface area contributed by atoms with Crippen molar-refractivity contribution in [2.24, 2.45) is 7.05 Å². The van der Waals surface area contributed by atoms with Gasteiger partial charge in [0, 0.05) is 12.1 Å². The third-order valence-corrected chi connectivity index (χ3v) is 5.37. The molecule has 1 amide bonds. The van der Waals surface area contributed by atoms with Crippen molar-refractivity contribution in [2.45, 2.75) is 24.3 Å². The largest absolute Gasteiger partial charge is 0.495 e. The molecule has 7 nitrogen and oxygen atoms in total. The van der Waals surface area contributed by atoms with Crippen LogP contribution >= 0.6 is 23.4 Å². The minimum absolute atomic E-state index is 0.190. The first-order valence-corrected chi connectivity index (χ1v) is 9.41. The lowest BCUT2D eigenvalue weighted by Gasteiger charge is -2.14. The molecule has 0 unspecified atom stereocenters. The van der Waals surface area contributed by atoms with E-state index in [9.17, 15) is 4.79 Å². The minimum atomic E-state index is -0.408. The van der Waals surface area contributed by atoms with Crippen molar-refractivity contribution in [3.8, 4) is 17.1 Å². The molecular formula is C18H19ClN4O3S. The minimum Gasteiger partial charge on any atom is -0.495 e. The first-order chi connectivity index (χ1) is 12.9. The van der Waals surface area contributed by atoms with E-state index in [2.05, 4.69) is 15.5 Å². The second kappa shape index (κ2) is 8.06. The molecule has 27 heavy (non-hydrogen) atoms. The van der Waals surface area contributed by atoms with Crippen molar-refractivity contribution in [3.63, 3.8) is 0 Å². The highest BCUT2D eigenvalue weighted by atomic mass is 35.5. The number of methoxy groups -OCH3 is 1. The summed E-state index contributed by atoms with van der Waals surface area (Å²) < 4.78 is 12.4. The van der Waals surface area contributed by atoms with Gasteiger partial charge < -0.3 is 19.0 Å². The van der Waals surface area contributed by atoms with Crippen molar-refractivity contribution < 1.29 is 13.9 Å². The Hall–Kier alpha value is -2.45. The first-order valence-electron chi connectivity index (χ1n) is 8.15. The number of carbonyl (C=O) groups excluding carboxylic acids is 1. The number of nitrogens with one attached hydrogen (secondary N) is 1. The number of anilines is 1. The van der Waals surface area contributed by atoms with Crippen LogP contribution in [0.4, 0.5) is 5.69 Å². The first kappa shape index (κ1) is 19.3. The van der Waals surface area contributed by atoms with Gasteiger partial charge in [0.2, 0.25) is 5.91 Å². The number of hydrogen-bond donors (Lipinski definition) is 1. The molecule has 1 N–H and O–H groups in total. The summed E-state index contributed by atoms with van der Waals surface area (Å²) >= 11 is 7.32. The predicted octanol–water partition coefficient (Wildman–Crippen LogP) is 4.16. The van der Waals surface area contributed by atoms with Gasteiger partial charge in [-0.2, -0.15) is 0 Å². The molecule has 9 heteroatoms. The quantitative estimate of drug-likeness (QED) is 0.619. The van der Waals surface area contributed by atoms with E-state index in [0.717, 1.165) is 11.3 Å². The Morgan fingerprint density at radius 2 is 2.15 bits per heavy atom. The lowest BCUT2D eigenvalue weighted by Crippen LogP contribution is -2.23. The fourth-order valence-corrected chi connectivity index (χ4v) is 3.48. The average molecular weight is 407 g/mol. The standard InChI is InChI=1S/C18H19ClN4O3S/c1-10-13(7-8-26-10)16-21-22-18(23(16)3)27-11(2)17(24)20-14-9-12(19)5-6-15(14)25-4/h5-9,11H,1-4H3,(H,20,24)/t11-/m1/s1. The van der Waals surface area contributed by atoms with E-state index < -0.39 is 5.25 Å². The molecule has 0 bridgehead atoms. The fraction of sp³-hybridized carbons (Fsp3) is 0.278. The smallest absolute Gasteiger partial charge is 0.237 e. The van der Waals surface area contributed by atoms with Gasteiger partial charge in [0.1, 0.15) is 11.5 Å². The maximum Gasteiger partial charge on any atom is 0.237 e. The van der Waals surface area contributed by atoms with Crippen molar-refractivity contribution in [3.05, 3.63) is 41.3 Å². The van der Waals surface area contributed by atoms with E-state index in [0.29, 0.717) is 27.4 Å². The van der Waals surface area contributed by atoms with E-state index in [-0.39, 0.29) is 5.91 Å². The summed E-state index contributed by atoms with van der Waals surface area (Å²) in [5.74, 6) is 1.81. The number of furan rings is 1. The zero-order valence-electron chi connectivity index (χ0n) is 15.3. The highest BCUT2D eigenvalue weighted by Gasteiger charge is 2.21. The van der Waals surface area contributed by atoms with Crippen LogP contribution in [0.15, 0.2) is 40.1 Å². The van der Waals surface area contributed by atoms with E-state index in [1.807, 2.05) is 24.6 Å². The number of rotatable bonds is 6. The predicted molar refractivity (Wildman–Crippen MR) is 105 cm³/mol. The molecule has 1 aromatic carbocycles. The maximum atomic E-state index is 12.6. The van der Waals surface area contributed by atoms with Crippen LogP contribution in [0.3, 0.4) is 0 Å². The summed E-state index contributed by atoms with van der Waals surface area (Å²) in [6.07, 6.45) is 1.61. The van der Waals surface area contributed by atoms with E-state index in [1.165, 1.54) is 18.9 Å². The van der Waals surface area contributed by atoms with Crippen LogP contribution in [0, 0.1) is 6.92 Å². The molecule has 0 aliphatic rings. The summed E-state index contributed by atoms with van der Waals surface area (Å²) in [6.45, 7) is 3.67. The van der Waals surface area contributed by atoms with Crippen LogP contribution in [-0.4, -0.2) is 33.0 Å². The Morgan fingerprint density at radius 1 is 1.37 bits per heavy atom. The van der Waals surface area contributed by atoms with Crippen LogP contribution in [0.2, 0.25) is 5.02 Å². The molecule has 3 rings (SSSR count). The van der Waals surface area contributed by atoms with Crippen molar-refractivity contribution in [2.75, 3.05) is 12.4 Å². The van der Waals surface area contributed by atoms with Crippen molar-refractivity contribution in [1.29, 1.82) is 0 Å². The van der Waals surface area contributed by atoms with Crippen LogP contribution in [-0.2, 0) is 11.8 Å². The molecule has 0 fully saturated rings. The van der Waals surface area contributed by atoms with E-state index >= 15 is 0 Å². The Balaban J connectivity index is 1.73. The SMILES string of the molecule is COc1ccc(Cl)cc1NC(=O)[C@@H](C)Sc1nnc(-c2ccoc2C)n1C. The van der Waals surface area contributed by atoms with E-state index in [4.69, 9.17) is 20.8 Å². The van der Waals surface area contributed by atoms with Crippen LogP contribution in [0.5, 0.6) is 5.75 Å². The molecule has 0 saturated carbocycles. The molecule has 0 aliphatic heterocycles. The highest BCUT2D eigenvalue weighted by molar-refractivity contribution is 8.00. The van der Waals surface area contributed by atoms with Crippen LogP contribution < -0.4 is 10.1 Å². The zero-order valence-corrected chi connectivity index (χ0v) is 16.9. The number of hydrogen-bond acceptors (Lipinski definition) is 6. The number of ether oxygens (including phenoxy) is 1. The van der Waals surface area contributed by atoms with Gasteiger partial charge in [0.05, 0.1) is 29.9 Å². The molecule has 0 aliphatic carbocycles. The topological polar surface area (TPSA) is 82.2 Å². The number of aryl methyl sites for hydroxylation is 1. The number of halogens is 1. The van der Waals surface area contributed by atoms with Gasteiger partial charge >= 0.3 is 0 Å². The van der Waals surface area contributed by atoms with Crippen LogP contribution in [0.1, 0.15) is 12.7 Å². The summed E-state index contributed by atoms with van der Waals surface area (Å²) in [4.78, 5) is 12.6. The Kier molecular flexibility index (Phi) is 5.76. The second-order valence-corrected chi connectivity index (χ2v) is 7.59. The molecule has 0 saturated heterocycles. The Labute approximate surface area is 166 Å². The number of benzene rings is 1. The van der Waals surface area contributed by atoms with Crippen molar-refractivity contribution >= 4 is 35.0 Å². The van der Waals surface area contributed by atoms with Crippen molar-refractivity contribution in [1.82, 2.24) is 14.8 Å². The van der Waals surface area contributed by atoms with Gasteiger partial charge in [-0.05, 0) is 38.1 Å². The summed E-state index contributed by atoms with van der Waals surface area (Å²) in [7, 11) is 3.39. The van der Waals surface area contributed by atoms with Gasteiger partial charge in [0.25, 0.3) is 0 Å². The second-order valence-electron chi connectivity index (χ2n) is 5.85. The fourth-order valence-electron chi connectivity index (χ4n) is 2.49. The molecule has 0 spiro atoms. The Morgan fingerprint density at radius 3 is 2.81 bits per heavy atom. The Bertz CT molecular complexity index is 969. The number of carbonyl (C=O) groups is 1. The maximum absolute atomic E-state index is 12.6. The van der Waals surface area contributed by atoms with E-state index in [1.54, 1.807) is 31.4 Å². The monoisotopic (exact) mass is 406 g/mol. The molecule has 0 radical (unpaired) electrons. The number of nitrogens with zero attached hydrogens (tertiary/aromatic N) is 3. The van der Waals surface area contributed by atoms with Gasteiger partial charge in [-0.1, -0.05) is 23.4 Å². The van der Waals surface area contributed by atoms with Gasteiger partial charge in [-0.25, -0.2) is 0 Å². The molecule has 2 heterocycles. The lowest BCUT2D eigenvalue weighted by molar-refractivity contribution is -0.115. The van der Waals surface area contributed by atoms with Crippen LogP contribution in [0.25, 0.3) is 11.4 Å². The molecule has 2 aromatic heterocycles. The molecule has 142 valence electrons. The molecule has 3 aromatic rings.